The van der Waals surface area contributed by atoms with Gasteiger partial charge in [-0.3, -0.25) is 4.79 Å². The van der Waals surface area contributed by atoms with Crippen LogP contribution >= 0.6 is 0 Å². The van der Waals surface area contributed by atoms with Gasteiger partial charge in [-0.25, -0.2) is 0 Å². The van der Waals surface area contributed by atoms with Crippen LogP contribution in [0, 0.1) is 0 Å². The highest BCUT2D eigenvalue weighted by Gasteiger charge is 2.29. The number of rotatable bonds is 2. The van der Waals surface area contributed by atoms with E-state index in [0.29, 0.717) is 11.7 Å². The molecular weight excluding hydrogens is 228 g/mol. The van der Waals surface area contributed by atoms with Gasteiger partial charge in [0.1, 0.15) is 0 Å². The molecule has 3 rings (SSSR count). The molecule has 1 fully saturated rings. The summed E-state index contributed by atoms with van der Waals surface area (Å²) in [7, 11) is 0. The largest absolute Gasteiger partial charge is 0.351 e. The Kier molecular flexibility index (Phi) is 2.84. The standard InChI is InChI=1S/C14H14N2O2/c17-14(13-6-8-15-18-13)16-9-7-12(10-16)11-4-2-1-3-5-11/h1-6,8,12H,7,9-10H2/t12-/m0/s1. The molecule has 2 aromatic rings. The average Bonchev–Trinajstić information content (AvgIpc) is 3.10. The Morgan fingerprint density at radius 1 is 1.28 bits per heavy atom. The molecule has 1 aliphatic rings. The van der Waals surface area contributed by atoms with Crippen molar-refractivity contribution >= 4 is 5.91 Å². The minimum atomic E-state index is -0.0640. The van der Waals surface area contributed by atoms with Gasteiger partial charge in [-0.05, 0) is 12.0 Å². The van der Waals surface area contributed by atoms with Gasteiger partial charge in [-0.1, -0.05) is 35.5 Å². The van der Waals surface area contributed by atoms with E-state index in [4.69, 9.17) is 4.52 Å². The molecule has 1 atom stereocenters. The van der Waals surface area contributed by atoms with Crippen LogP contribution < -0.4 is 0 Å². The Morgan fingerprint density at radius 2 is 2.11 bits per heavy atom. The van der Waals surface area contributed by atoms with E-state index in [1.54, 1.807) is 6.07 Å². The van der Waals surface area contributed by atoms with Gasteiger partial charge in [-0.2, -0.15) is 0 Å². The predicted octanol–water partition coefficient (Wildman–Crippen LogP) is 2.30. The van der Waals surface area contributed by atoms with Crippen molar-refractivity contribution in [2.45, 2.75) is 12.3 Å². The molecule has 1 aliphatic heterocycles. The third-order valence-corrected chi connectivity index (χ3v) is 3.40. The first kappa shape index (κ1) is 11.0. The van der Waals surface area contributed by atoms with Crippen LogP contribution in [-0.2, 0) is 0 Å². The summed E-state index contributed by atoms with van der Waals surface area (Å²) in [5, 5.41) is 3.57. The van der Waals surface area contributed by atoms with E-state index < -0.39 is 0 Å². The normalized spacial score (nSPS) is 19.1. The van der Waals surface area contributed by atoms with E-state index in [0.717, 1.165) is 19.5 Å². The lowest BCUT2D eigenvalue weighted by Gasteiger charge is -2.14. The number of aromatic nitrogens is 1. The lowest BCUT2D eigenvalue weighted by atomic mass is 9.99. The van der Waals surface area contributed by atoms with Crippen LogP contribution in [0.5, 0.6) is 0 Å². The van der Waals surface area contributed by atoms with Crippen molar-refractivity contribution in [2.75, 3.05) is 13.1 Å². The molecule has 1 aromatic carbocycles. The molecule has 4 heteroatoms. The maximum absolute atomic E-state index is 12.1. The van der Waals surface area contributed by atoms with Crippen LogP contribution in [0.3, 0.4) is 0 Å². The number of nitrogens with zero attached hydrogens (tertiary/aromatic N) is 2. The van der Waals surface area contributed by atoms with Gasteiger partial charge in [0.2, 0.25) is 5.76 Å². The molecular formula is C14H14N2O2. The summed E-state index contributed by atoms with van der Waals surface area (Å²) >= 11 is 0. The Morgan fingerprint density at radius 3 is 2.83 bits per heavy atom. The van der Waals surface area contributed by atoms with Crippen molar-refractivity contribution in [3.05, 3.63) is 53.9 Å². The highest BCUT2D eigenvalue weighted by Crippen LogP contribution is 2.27. The van der Waals surface area contributed by atoms with E-state index in [2.05, 4.69) is 17.3 Å². The predicted molar refractivity (Wildman–Crippen MR) is 66.2 cm³/mol. The van der Waals surface area contributed by atoms with Crippen molar-refractivity contribution in [2.24, 2.45) is 0 Å². The van der Waals surface area contributed by atoms with Crippen LogP contribution in [0.2, 0.25) is 0 Å². The zero-order valence-corrected chi connectivity index (χ0v) is 9.95. The van der Waals surface area contributed by atoms with E-state index in [9.17, 15) is 4.79 Å². The fourth-order valence-corrected chi connectivity index (χ4v) is 2.42. The summed E-state index contributed by atoms with van der Waals surface area (Å²) in [4.78, 5) is 13.9. The summed E-state index contributed by atoms with van der Waals surface area (Å²) in [6.07, 6.45) is 2.50. The molecule has 4 nitrogen and oxygen atoms in total. The zero-order chi connectivity index (χ0) is 12.4. The summed E-state index contributed by atoms with van der Waals surface area (Å²) in [5.74, 6) is 0.688. The van der Waals surface area contributed by atoms with E-state index in [1.807, 2.05) is 23.1 Å². The first-order chi connectivity index (χ1) is 8.84. The Labute approximate surface area is 105 Å². The molecule has 0 unspecified atom stereocenters. The zero-order valence-electron chi connectivity index (χ0n) is 9.95. The fraction of sp³-hybridized carbons (Fsp3) is 0.286. The summed E-state index contributed by atoms with van der Waals surface area (Å²) in [6.45, 7) is 1.53. The molecule has 0 N–H and O–H groups in total. The van der Waals surface area contributed by atoms with Gasteiger partial charge in [0.15, 0.2) is 0 Å². The van der Waals surface area contributed by atoms with Crippen LogP contribution in [0.4, 0.5) is 0 Å². The molecule has 1 saturated heterocycles. The second-order valence-corrected chi connectivity index (χ2v) is 4.52. The number of likely N-dealkylation sites (tertiary alicyclic amines) is 1. The second kappa shape index (κ2) is 4.64. The molecule has 0 bridgehead atoms. The summed E-state index contributed by atoms with van der Waals surface area (Å²) in [5.41, 5.74) is 1.30. The quantitative estimate of drug-likeness (QED) is 0.811. The van der Waals surface area contributed by atoms with Gasteiger partial charge in [0, 0.05) is 25.1 Å². The van der Waals surface area contributed by atoms with Crippen LogP contribution in [0.1, 0.15) is 28.5 Å². The van der Waals surface area contributed by atoms with Gasteiger partial charge in [-0.15, -0.1) is 0 Å². The lowest BCUT2D eigenvalue weighted by molar-refractivity contribution is 0.0749. The maximum atomic E-state index is 12.1. The minimum absolute atomic E-state index is 0.0640. The monoisotopic (exact) mass is 242 g/mol. The molecule has 1 aromatic heterocycles. The van der Waals surface area contributed by atoms with Crippen molar-refractivity contribution < 1.29 is 9.32 Å². The van der Waals surface area contributed by atoms with Gasteiger partial charge >= 0.3 is 0 Å². The summed E-state index contributed by atoms with van der Waals surface area (Å²) < 4.78 is 4.91. The van der Waals surface area contributed by atoms with E-state index >= 15 is 0 Å². The van der Waals surface area contributed by atoms with Crippen LogP contribution in [-0.4, -0.2) is 29.1 Å². The van der Waals surface area contributed by atoms with Crippen molar-refractivity contribution in [1.29, 1.82) is 0 Å². The number of hydrogen-bond acceptors (Lipinski definition) is 3. The number of carbonyl (C=O) groups is 1. The first-order valence-corrected chi connectivity index (χ1v) is 6.09. The summed E-state index contributed by atoms with van der Waals surface area (Å²) in [6, 6.07) is 11.9. The van der Waals surface area contributed by atoms with Gasteiger partial charge in [0.05, 0.1) is 6.20 Å². The van der Waals surface area contributed by atoms with Crippen LogP contribution in [0.15, 0.2) is 47.1 Å². The van der Waals surface area contributed by atoms with Crippen molar-refractivity contribution in [3.63, 3.8) is 0 Å². The number of carbonyl (C=O) groups excluding carboxylic acids is 1. The molecule has 92 valence electrons. The molecule has 0 spiro atoms. The number of benzene rings is 1. The smallest absolute Gasteiger partial charge is 0.292 e. The van der Waals surface area contributed by atoms with Crippen LogP contribution in [0.25, 0.3) is 0 Å². The molecule has 0 saturated carbocycles. The first-order valence-electron chi connectivity index (χ1n) is 6.09. The number of amides is 1. The molecule has 0 radical (unpaired) electrons. The fourth-order valence-electron chi connectivity index (χ4n) is 2.42. The highest BCUT2D eigenvalue weighted by molar-refractivity contribution is 5.91. The molecule has 2 heterocycles. The minimum Gasteiger partial charge on any atom is -0.351 e. The Hall–Kier alpha value is -2.10. The number of hydrogen-bond donors (Lipinski definition) is 0. The average molecular weight is 242 g/mol. The third kappa shape index (κ3) is 2.01. The Balaban J connectivity index is 1.71. The molecule has 18 heavy (non-hydrogen) atoms. The van der Waals surface area contributed by atoms with Gasteiger partial charge in [0.25, 0.3) is 5.91 Å². The van der Waals surface area contributed by atoms with Crippen molar-refractivity contribution in [1.82, 2.24) is 10.1 Å². The maximum Gasteiger partial charge on any atom is 0.292 e. The highest BCUT2D eigenvalue weighted by atomic mass is 16.5. The SMILES string of the molecule is O=C(c1ccno1)N1CC[C@H](c2ccccc2)C1. The Bertz CT molecular complexity index is 522. The molecule has 0 aliphatic carbocycles. The second-order valence-electron chi connectivity index (χ2n) is 4.52. The topological polar surface area (TPSA) is 46.3 Å². The van der Waals surface area contributed by atoms with Gasteiger partial charge < -0.3 is 9.42 Å². The lowest BCUT2D eigenvalue weighted by Crippen LogP contribution is -2.28. The third-order valence-electron chi connectivity index (χ3n) is 3.40. The van der Waals surface area contributed by atoms with E-state index in [1.165, 1.54) is 11.8 Å². The molecule has 1 amide bonds. The van der Waals surface area contributed by atoms with Crippen molar-refractivity contribution in [3.8, 4) is 0 Å². The van der Waals surface area contributed by atoms with E-state index in [-0.39, 0.29) is 5.91 Å².